The van der Waals surface area contributed by atoms with Gasteiger partial charge in [0, 0.05) is 9.89 Å². The third-order valence-corrected chi connectivity index (χ3v) is 4.96. The van der Waals surface area contributed by atoms with Crippen LogP contribution in [-0.4, -0.2) is 7.85 Å². The zero-order chi connectivity index (χ0) is 15.0. The van der Waals surface area contributed by atoms with Crippen LogP contribution in [0.4, 0.5) is 0 Å². The van der Waals surface area contributed by atoms with Gasteiger partial charge in [-0.05, 0) is 47.2 Å². The summed E-state index contributed by atoms with van der Waals surface area (Å²) in [5, 5.41) is 0. The molecule has 2 aromatic rings. The van der Waals surface area contributed by atoms with Crippen molar-refractivity contribution in [2.75, 3.05) is 0 Å². The molecule has 0 nitrogen and oxygen atoms in total. The van der Waals surface area contributed by atoms with Gasteiger partial charge in [0.1, 0.15) is 7.85 Å². The summed E-state index contributed by atoms with van der Waals surface area (Å²) < 4.78 is 1.13. The molecule has 0 amide bonds. The van der Waals surface area contributed by atoms with Crippen molar-refractivity contribution in [2.24, 2.45) is 0 Å². The first-order valence-electron chi connectivity index (χ1n) is 7.26. The van der Waals surface area contributed by atoms with Crippen molar-refractivity contribution in [2.45, 2.75) is 18.3 Å². The zero-order valence-electron chi connectivity index (χ0n) is 12.3. The summed E-state index contributed by atoms with van der Waals surface area (Å²) >= 11 is 3.63. The van der Waals surface area contributed by atoms with E-state index in [4.69, 9.17) is 0 Å². The lowest BCUT2D eigenvalue weighted by Crippen LogP contribution is -2.25. The number of hydrogen-bond donors (Lipinski definition) is 0. The lowest BCUT2D eigenvalue weighted by molar-refractivity contribution is 0.543. The van der Waals surface area contributed by atoms with E-state index in [0.717, 1.165) is 17.3 Å². The van der Waals surface area contributed by atoms with Crippen molar-refractivity contribution in [3.05, 3.63) is 77.3 Å². The second-order valence-corrected chi connectivity index (χ2v) is 6.72. The van der Waals surface area contributed by atoms with Gasteiger partial charge in [0.25, 0.3) is 0 Å². The highest BCUT2D eigenvalue weighted by atomic mass is 79.9. The summed E-state index contributed by atoms with van der Waals surface area (Å²) in [5.74, 6) is 0. The Morgan fingerprint density at radius 1 is 0.952 bits per heavy atom. The van der Waals surface area contributed by atoms with Crippen molar-refractivity contribution < 1.29 is 0 Å². The minimum absolute atomic E-state index is 0.0238. The smallest absolute Gasteiger partial charge is 0.103 e. The number of halogens is 1. The summed E-state index contributed by atoms with van der Waals surface area (Å²) in [6, 6.07) is 13.4. The normalized spacial score (nSPS) is 14.3. The molecule has 1 aliphatic rings. The molecule has 0 aliphatic heterocycles. The van der Waals surface area contributed by atoms with Crippen molar-refractivity contribution in [3.8, 4) is 11.1 Å². The Morgan fingerprint density at radius 3 is 2.14 bits per heavy atom. The minimum atomic E-state index is -0.0238. The first-order valence-corrected chi connectivity index (χ1v) is 8.05. The number of benzene rings is 2. The Hall–Kier alpha value is -1.54. The van der Waals surface area contributed by atoms with Crippen LogP contribution in [-0.2, 0) is 5.41 Å². The van der Waals surface area contributed by atoms with Gasteiger partial charge in [0.15, 0.2) is 0 Å². The van der Waals surface area contributed by atoms with Crippen LogP contribution in [0.15, 0.2) is 66.2 Å². The average molecular weight is 337 g/mol. The highest BCUT2D eigenvalue weighted by Gasteiger charge is 2.41. The fourth-order valence-electron chi connectivity index (χ4n) is 3.60. The molecule has 0 radical (unpaired) electrons. The van der Waals surface area contributed by atoms with E-state index in [-0.39, 0.29) is 5.41 Å². The monoisotopic (exact) mass is 336 g/mol. The van der Waals surface area contributed by atoms with Gasteiger partial charge in [-0.25, -0.2) is 0 Å². The second kappa shape index (κ2) is 5.34. The van der Waals surface area contributed by atoms with Gasteiger partial charge >= 0.3 is 0 Å². The summed E-state index contributed by atoms with van der Waals surface area (Å²) in [6.45, 7) is 7.99. The number of hydrogen-bond acceptors (Lipinski definition) is 0. The lowest BCUT2D eigenvalue weighted by atomic mass is 9.72. The van der Waals surface area contributed by atoms with Crippen LogP contribution in [0.2, 0.25) is 0 Å². The van der Waals surface area contributed by atoms with Crippen LogP contribution < -0.4 is 5.46 Å². The topological polar surface area (TPSA) is 0 Å². The van der Waals surface area contributed by atoms with E-state index in [2.05, 4.69) is 73.3 Å². The maximum atomic E-state index is 4.00. The molecule has 0 N–H and O–H groups in total. The maximum Gasteiger partial charge on any atom is 0.139 e. The Labute approximate surface area is 136 Å². The molecule has 2 heteroatoms. The molecule has 0 saturated heterocycles. The molecule has 0 spiro atoms. The highest BCUT2D eigenvalue weighted by Crippen LogP contribution is 2.53. The zero-order valence-corrected chi connectivity index (χ0v) is 13.9. The van der Waals surface area contributed by atoms with E-state index in [9.17, 15) is 0 Å². The van der Waals surface area contributed by atoms with E-state index < -0.39 is 0 Å². The highest BCUT2D eigenvalue weighted by molar-refractivity contribution is 9.10. The van der Waals surface area contributed by atoms with Gasteiger partial charge in [-0.1, -0.05) is 57.8 Å². The van der Waals surface area contributed by atoms with E-state index in [1.54, 1.807) is 0 Å². The average Bonchev–Trinajstić information content (AvgIpc) is 2.70. The molecule has 0 fully saturated rings. The standard InChI is InChI=1S/C19H18BBr/c1-3-9-19(10-4-2)17-11-13(20)5-7-15(17)16-8-6-14(21)12-18(16)19/h3-8,11-12H,1-2,9-10,20H2. The first-order chi connectivity index (χ1) is 10.1. The van der Waals surface area contributed by atoms with Gasteiger partial charge in [0.05, 0.1) is 0 Å². The second-order valence-electron chi connectivity index (χ2n) is 5.81. The summed E-state index contributed by atoms with van der Waals surface area (Å²) in [6.07, 6.45) is 5.93. The Balaban J connectivity index is 2.37. The van der Waals surface area contributed by atoms with E-state index >= 15 is 0 Å². The van der Waals surface area contributed by atoms with Gasteiger partial charge in [0.2, 0.25) is 0 Å². The van der Waals surface area contributed by atoms with Crippen molar-refractivity contribution in [3.63, 3.8) is 0 Å². The molecule has 104 valence electrons. The molecule has 1 aliphatic carbocycles. The fraction of sp³-hybridized carbons (Fsp3) is 0.158. The molecular formula is C19H18BBr. The fourth-order valence-corrected chi connectivity index (χ4v) is 3.96. The van der Waals surface area contributed by atoms with Gasteiger partial charge in [-0.2, -0.15) is 0 Å². The van der Waals surface area contributed by atoms with Crippen LogP contribution in [0.1, 0.15) is 24.0 Å². The molecule has 2 aromatic carbocycles. The van der Waals surface area contributed by atoms with Crippen LogP contribution in [0.25, 0.3) is 11.1 Å². The Bertz CT molecular complexity index is 667. The van der Waals surface area contributed by atoms with Gasteiger partial charge in [-0.15, -0.1) is 13.2 Å². The predicted octanol–water partition coefficient (Wildman–Crippen LogP) is 4.13. The number of allylic oxidation sites excluding steroid dienone is 2. The predicted molar refractivity (Wildman–Crippen MR) is 98.2 cm³/mol. The quantitative estimate of drug-likeness (QED) is 0.581. The molecule has 3 rings (SSSR count). The molecule has 21 heavy (non-hydrogen) atoms. The summed E-state index contributed by atoms with van der Waals surface area (Å²) in [5.41, 5.74) is 6.78. The molecular weight excluding hydrogens is 319 g/mol. The first kappa shape index (κ1) is 14.4. The maximum absolute atomic E-state index is 4.00. The van der Waals surface area contributed by atoms with Crippen molar-refractivity contribution >= 4 is 29.2 Å². The van der Waals surface area contributed by atoms with E-state index in [1.807, 2.05) is 12.2 Å². The van der Waals surface area contributed by atoms with Crippen LogP contribution in [0.5, 0.6) is 0 Å². The SMILES string of the molecule is Bc1ccc2c(c1)C(CC=C)(CC=C)c1cc(Br)ccc1-2. The molecule has 0 aromatic heterocycles. The summed E-state index contributed by atoms with van der Waals surface area (Å²) in [7, 11) is 2.16. The van der Waals surface area contributed by atoms with Gasteiger partial charge in [-0.3, -0.25) is 0 Å². The third kappa shape index (κ3) is 2.13. The van der Waals surface area contributed by atoms with Crippen LogP contribution in [0, 0.1) is 0 Å². The molecule has 0 heterocycles. The van der Waals surface area contributed by atoms with E-state index in [1.165, 1.54) is 27.7 Å². The molecule has 0 bridgehead atoms. The molecule has 0 unspecified atom stereocenters. The van der Waals surface area contributed by atoms with Crippen molar-refractivity contribution in [1.29, 1.82) is 0 Å². The summed E-state index contributed by atoms with van der Waals surface area (Å²) in [4.78, 5) is 0. The largest absolute Gasteiger partial charge is 0.139 e. The molecule has 0 atom stereocenters. The van der Waals surface area contributed by atoms with E-state index in [0.29, 0.717) is 0 Å². The third-order valence-electron chi connectivity index (χ3n) is 4.46. The van der Waals surface area contributed by atoms with Gasteiger partial charge < -0.3 is 0 Å². The Kier molecular flexibility index (Phi) is 3.67. The lowest BCUT2D eigenvalue weighted by Gasteiger charge is -2.30. The van der Waals surface area contributed by atoms with Crippen LogP contribution in [0.3, 0.4) is 0 Å². The Morgan fingerprint density at radius 2 is 1.52 bits per heavy atom. The number of rotatable bonds is 4. The minimum Gasteiger partial charge on any atom is -0.103 e. The van der Waals surface area contributed by atoms with Crippen molar-refractivity contribution in [1.82, 2.24) is 0 Å². The number of fused-ring (bicyclic) bond motifs is 3. The van der Waals surface area contributed by atoms with Crippen LogP contribution >= 0.6 is 15.9 Å². The molecule has 0 saturated carbocycles.